The molecule has 1 heterocycles. The Hall–Kier alpha value is -3.20. The fourth-order valence-corrected chi connectivity index (χ4v) is 3.25. The molecule has 3 aromatic carbocycles. The van der Waals surface area contributed by atoms with E-state index in [9.17, 15) is 0 Å². The quantitative estimate of drug-likeness (QED) is 0.482. The van der Waals surface area contributed by atoms with Crippen molar-refractivity contribution >= 4 is 10.9 Å². The van der Waals surface area contributed by atoms with Gasteiger partial charge in [0.05, 0.1) is 7.11 Å². The van der Waals surface area contributed by atoms with Crippen LogP contribution in [0.25, 0.3) is 22.0 Å². The summed E-state index contributed by atoms with van der Waals surface area (Å²) >= 11 is 0. The van der Waals surface area contributed by atoms with Crippen LogP contribution in [0, 0.1) is 0 Å². The molecule has 1 aromatic heterocycles. The Morgan fingerprint density at radius 1 is 0.808 bits per heavy atom. The monoisotopic (exact) mass is 343 g/mol. The Bertz CT molecular complexity index is 1030. The third kappa shape index (κ3) is 3.04. The molecule has 0 radical (unpaired) electrons. The average Bonchev–Trinajstić information content (AvgIpc) is 3.04. The molecule has 130 valence electrons. The molecule has 0 aliphatic carbocycles. The van der Waals surface area contributed by atoms with Crippen molar-refractivity contribution in [2.24, 2.45) is 7.05 Å². The zero-order chi connectivity index (χ0) is 17.9. The minimum Gasteiger partial charge on any atom is -0.497 e. The van der Waals surface area contributed by atoms with Gasteiger partial charge in [0.25, 0.3) is 0 Å². The standard InChI is InChI=1S/C23H21NO2/c1-24-15-21(19-7-3-5-9-22(19)24)20-8-4-6-10-23(20)26-16-17-11-13-18(25-2)14-12-17/h3-15H,16H2,1-2H3. The zero-order valence-electron chi connectivity index (χ0n) is 15.0. The second-order valence-corrected chi connectivity index (χ2v) is 6.30. The van der Waals surface area contributed by atoms with E-state index in [1.54, 1.807) is 7.11 Å². The third-order valence-electron chi connectivity index (χ3n) is 4.63. The molecule has 0 aliphatic heterocycles. The van der Waals surface area contributed by atoms with Gasteiger partial charge in [0.1, 0.15) is 18.1 Å². The summed E-state index contributed by atoms with van der Waals surface area (Å²) < 4.78 is 13.5. The van der Waals surface area contributed by atoms with E-state index in [1.807, 2.05) is 36.4 Å². The molecule has 3 nitrogen and oxygen atoms in total. The highest BCUT2D eigenvalue weighted by atomic mass is 16.5. The molecule has 0 amide bonds. The molecule has 0 atom stereocenters. The summed E-state index contributed by atoms with van der Waals surface area (Å²) in [5.74, 6) is 1.74. The van der Waals surface area contributed by atoms with Gasteiger partial charge >= 0.3 is 0 Å². The molecule has 0 saturated carbocycles. The van der Waals surface area contributed by atoms with Crippen LogP contribution in [0.2, 0.25) is 0 Å². The van der Waals surface area contributed by atoms with Crippen molar-refractivity contribution in [3.05, 3.63) is 84.6 Å². The Labute approximate surface area is 153 Å². The highest BCUT2D eigenvalue weighted by Crippen LogP contribution is 2.36. The number of nitrogens with zero attached hydrogens (tertiary/aromatic N) is 1. The Morgan fingerprint density at radius 2 is 1.54 bits per heavy atom. The van der Waals surface area contributed by atoms with Crippen LogP contribution in [-0.4, -0.2) is 11.7 Å². The van der Waals surface area contributed by atoms with E-state index in [-0.39, 0.29) is 0 Å². The number of hydrogen-bond acceptors (Lipinski definition) is 2. The van der Waals surface area contributed by atoms with E-state index in [4.69, 9.17) is 9.47 Å². The van der Waals surface area contributed by atoms with Crippen LogP contribution < -0.4 is 9.47 Å². The smallest absolute Gasteiger partial charge is 0.127 e. The largest absolute Gasteiger partial charge is 0.497 e. The maximum absolute atomic E-state index is 6.16. The molecule has 0 unspecified atom stereocenters. The number of hydrogen-bond donors (Lipinski definition) is 0. The number of ether oxygens (including phenoxy) is 2. The van der Waals surface area contributed by atoms with Gasteiger partial charge in [-0.3, -0.25) is 0 Å². The Balaban J connectivity index is 1.66. The van der Waals surface area contributed by atoms with Gasteiger partial charge in [0.2, 0.25) is 0 Å². The molecule has 4 rings (SSSR count). The van der Waals surface area contributed by atoms with Gasteiger partial charge in [-0.15, -0.1) is 0 Å². The number of benzene rings is 3. The van der Waals surface area contributed by atoms with Gasteiger partial charge in [-0.05, 0) is 29.8 Å². The van der Waals surface area contributed by atoms with Crippen LogP contribution in [0.5, 0.6) is 11.5 Å². The first-order valence-corrected chi connectivity index (χ1v) is 8.65. The van der Waals surface area contributed by atoms with E-state index in [0.717, 1.165) is 22.6 Å². The van der Waals surface area contributed by atoms with Crippen molar-refractivity contribution < 1.29 is 9.47 Å². The second-order valence-electron chi connectivity index (χ2n) is 6.30. The van der Waals surface area contributed by atoms with Crippen LogP contribution in [-0.2, 0) is 13.7 Å². The maximum Gasteiger partial charge on any atom is 0.127 e. The molecule has 0 saturated heterocycles. The fourth-order valence-electron chi connectivity index (χ4n) is 3.25. The number of aromatic nitrogens is 1. The summed E-state index contributed by atoms with van der Waals surface area (Å²) in [4.78, 5) is 0. The lowest BCUT2D eigenvalue weighted by atomic mass is 10.0. The molecule has 0 fully saturated rings. The van der Waals surface area contributed by atoms with Crippen molar-refractivity contribution in [1.29, 1.82) is 0 Å². The van der Waals surface area contributed by atoms with Gasteiger partial charge in [0.15, 0.2) is 0 Å². The average molecular weight is 343 g/mol. The van der Waals surface area contributed by atoms with Crippen LogP contribution in [0.4, 0.5) is 0 Å². The first kappa shape index (κ1) is 16.3. The Morgan fingerprint density at radius 3 is 2.35 bits per heavy atom. The minimum absolute atomic E-state index is 0.520. The zero-order valence-corrected chi connectivity index (χ0v) is 15.0. The summed E-state index contributed by atoms with van der Waals surface area (Å²) in [6, 6.07) is 24.6. The molecular weight excluding hydrogens is 322 g/mol. The summed E-state index contributed by atoms with van der Waals surface area (Å²) in [7, 11) is 3.75. The van der Waals surface area contributed by atoms with Crippen LogP contribution in [0.3, 0.4) is 0 Å². The summed E-state index contributed by atoms with van der Waals surface area (Å²) in [5.41, 5.74) is 4.62. The van der Waals surface area contributed by atoms with Gasteiger partial charge in [-0.25, -0.2) is 0 Å². The predicted molar refractivity (Wildman–Crippen MR) is 106 cm³/mol. The van der Waals surface area contributed by atoms with Crippen LogP contribution in [0.1, 0.15) is 5.56 Å². The van der Waals surface area contributed by atoms with Crippen molar-refractivity contribution in [3.8, 4) is 22.6 Å². The van der Waals surface area contributed by atoms with E-state index in [1.165, 1.54) is 16.5 Å². The number of aryl methyl sites for hydroxylation is 1. The molecular formula is C23H21NO2. The van der Waals surface area contributed by atoms with E-state index in [0.29, 0.717) is 6.61 Å². The highest BCUT2D eigenvalue weighted by molar-refractivity contribution is 5.97. The molecule has 26 heavy (non-hydrogen) atoms. The number of methoxy groups -OCH3 is 1. The second kappa shape index (κ2) is 6.96. The van der Waals surface area contributed by atoms with Crippen LogP contribution in [0.15, 0.2) is 79.0 Å². The van der Waals surface area contributed by atoms with Crippen molar-refractivity contribution in [1.82, 2.24) is 4.57 Å². The van der Waals surface area contributed by atoms with Crippen molar-refractivity contribution in [3.63, 3.8) is 0 Å². The van der Waals surface area contributed by atoms with Crippen LogP contribution >= 0.6 is 0 Å². The summed E-state index contributed by atoms with van der Waals surface area (Å²) in [6.45, 7) is 0.520. The lowest BCUT2D eigenvalue weighted by molar-refractivity contribution is 0.307. The maximum atomic E-state index is 6.16. The lowest BCUT2D eigenvalue weighted by Gasteiger charge is -2.11. The van der Waals surface area contributed by atoms with Gasteiger partial charge in [-0.2, -0.15) is 0 Å². The molecule has 3 heteroatoms. The lowest BCUT2D eigenvalue weighted by Crippen LogP contribution is -1.97. The van der Waals surface area contributed by atoms with Crippen molar-refractivity contribution in [2.45, 2.75) is 6.61 Å². The molecule has 0 N–H and O–H groups in total. The molecule has 0 aliphatic rings. The van der Waals surface area contributed by atoms with Crippen molar-refractivity contribution in [2.75, 3.05) is 7.11 Å². The third-order valence-corrected chi connectivity index (χ3v) is 4.63. The number of fused-ring (bicyclic) bond motifs is 1. The number of rotatable bonds is 5. The van der Waals surface area contributed by atoms with Gasteiger partial charge in [0, 0.05) is 35.3 Å². The fraction of sp³-hybridized carbons (Fsp3) is 0.130. The molecule has 0 bridgehead atoms. The van der Waals surface area contributed by atoms with E-state index < -0.39 is 0 Å². The molecule has 0 spiro atoms. The SMILES string of the molecule is COc1ccc(COc2ccccc2-c2cn(C)c3ccccc23)cc1. The predicted octanol–water partition coefficient (Wildman–Crippen LogP) is 5.43. The summed E-state index contributed by atoms with van der Waals surface area (Å²) in [5, 5.41) is 1.23. The first-order valence-electron chi connectivity index (χ1n) is 8.65. The number of para-hydroxylation sites is 2. The van der Waals surface area contributed by atoms with Gasteiger partial charge in [-0.1, -0.05) is 48.5 Å². The summed E-state index contributed by atoms with van der Waals surface area (Å²) in [6.07, 6.45) is 2.17. The minimum atomic E-state index is 0.520. The van der Waals surface area contributed by atoms with E-state index in [2.05, 4.69) is 54.2 Å². The highest BCUT2D eigenvalue weighted by Gasteiger charge is 2.12. The normalized spacial score (nSPS) is 10.8. The van der Waals surface area contributed by atoms with E-state index >= 15 is 0 Å². The van der Waals surface area contributed by atoms with Gasteiger partial charge < -0.3 is 14.0 Å². The first-order chi connectivity index (χ1) is 12.8. The topological polar surface area (TPSA) is 23.4 Å². The molecule has 4 aromatic rings. The Kier molecular flexibility index (Phi) is 4.36.